The van der Waals surface area contributed by atoms with Crippen molar-refractivity contribution in [3.05, 3.63) is 63.6 Å². The van der Waals surface area contributed by atoms with Gasteiger partial charge in [0.25, 0.3) is 0 Å². The Morgan fingerprint density at radius 2 is 1.85 bits per heavy atom. The van der Waals surface area contributed by atoms with E-state index in [0.29, 0.717) is 6.42 Å². The molecule has 104 valence electrons. The lowest BCUT2D eigenvalue weighted by atomic mass is 10.0. The first-order chi connectivity index (χ1) is 9.58. The number of Topliss-reactive ketones (excluding diaryl/α,β-unsaturated/α-hetero) is 1. The number of carbonyl (C=O) groups excluding carboxylic acids is 1. The van der Waals surface area contributed by atoms with Gasteiger partial charge in [-0.05, 0) is 54.8 Å². The van der Waals surface area contributed by atoms with Crippen LogP contribution >= 0.6 is 15.9 Å². The Kier molecular flexibility index (Phi) is 4.96. The van der Waals surface area contributed by atoms with Crippen molar-refractivity contribution >= 4 is 21.7 Å². The van der Waals surface area contributed by atoms with E-state index in [0.717, 1.165) is 33.3 Å². The van der Waals surface area contributed by atoms with E-state index in [1.54, 1.807) is 7.11 Å². The molecule has 0 spiro atoms. The summed E-state index contributed by atoms with van der Waals surface area (Å²) in [4.78, 5) is 12.2. The molecule has 0 N–H and O–H groups in total. The molecule has 2 rings (SSSR count). The molecular formula is C17H17BrO2. The lowest BCUT2D eigenvalue weighted by molar-refractivity contribution is 0.0982. The van der Waals surface area contributed by atoms with Crippen LogP contribution in [0.4, 0.5) is 0 Å². The second kappa shape index (κ2) is 6.71. The van der Waals surface area contributed by atoms with Crippen molar-refractivity contribution in [1.82, 2.24) is 0 Å². The highest BCUT2D eigenvalue weighted by Gasteiger charge is 2.08. The number of ketones is 1. The van der Waals surface area contributed by atoms with Gasteiger partial charge in [-0.3, -0.25) is 4.79 Å². The first kappa shape index (κ1) is 14.8. The monoisotopic (exact) mass is 332 g/mol. The predicted octanol–water partition coefficient (Wildman–Crippen LogP) is 4.58. The summed E-state index contributed by atoms with van der Waals surface area (Å²) < 4.78 is 6.07. The SMILES string of the molecule is COc1ccc(CCC(=O)c2cc(C)cc(Br)c2)cc1. The number of rotatable bonds is 5. The van der Waals surface area contributed by atoms with E-state index < -0.39 is 0 Å². The van der Waals surface area contributed by atoms with Crippen molar-refractivity contribution in [2.75, 3.05) is 7.11 Å². The van der Waals surface area contributed by atoms with Crippen LogP contribution < -0.4 is 4.74 Å². The Hall–Kier alpha value is -1.61. The molecule has 3 heteroatoms. The predicted molar refractivity (Wildman–Crippen MR) is 84.5 cm³/mol. The topological polar surface area (TPSA) is 26.3 Å². The molecule has 2 aromatic carbocycles. The third kappa shape index (κ3) is 3.94. The highest BCUT2D eigenvalue weighted by Crippen LogP contribution is 2.18. The summed E-state index contributed by atoms with van der Waals surface area (Å²) in [6, 6.07) is 13.6. The van der Waals surface area contributed by atoms with Crippen LogP contribution in [0.5, 0.6) is 5.75 Å². The van der Waals surface area contributed by atoms with E-state index in [1.165, 1.54) is 0 Å². The number of ether oxygens (including phenoxy) is 1. The Labute approximate surface area is 127 Å². The highest BCUT2D eigenvalue weighted by atomic mass is 79.9. The van der Waals surface area contributed by atoms with Crippen LogP contribution in [-0.4, -0.2) is 12.9 Å². The van der Waals surface area contributed by atoms with Crippen LogP contribution in [-0.2, 0) is 6.42 Å². The van der Waals surface area contributed by atoms with Gasteiger partial charge in [-0.15, -0.1) is 0 Å². The van der Waals surface area contributed by atoms with Crippen molar-refractivity contribution in [3.8, 4) is 5.75 Å². The number of hydrogen-bond donors (Lipinski definition) is 0. The Morgan fingerprint density at radius 3 is 2.45 bits per heavy atom. The van der Waals surface area contributed by atoms with Crippen LogP contribution in [0.2, 0.25) is 0 Å². The number of methoxy groups -OCH3 is 1. The van der Waals surface area contributed by atoms with Gasteiger partial charge in [0.2, 0.25) is 0 Å². The smallest absolute Gasteiger partial charge is 0.163 e. The number of benzene rings is 2. The second-order valence-corrected chi connectivity index (χ2v) is 5.70. The van der Waals surface area contributed by atoms with E-state index in [-0.39, 0.29) is 5.78 Å². The van der Waals surface area contributed by atoms with Gasteiger partial charge < -0.3 is 4.74 Å². The van der Waals surface area contributed by atoms with Gasteiger partial charge in [-0.25, -0.2) is 0 Å². The average molecular weight is 333 g/mol. The minimum atomic E-state index is 0.171. The number of carbonyl (C=O) groups is 1. The van der Waals surface area contributed by atoms with Crippen LogP contribution in [0.15, 0.2) is 46.9 Å². The van der Waals surface area contributed by atoms with Gasteiger partial charge in [-0.2, -0.15) is 0 Å². The summed E-state index contributed by atoms with van der Waals surface area (Å²) >= 11 is 3.43. The van der Waals surface area contributed by atoms with Crippen molar-refractivity contribution < 1.29 is 9.53 Å². The largest absolute Gasteiger partial charge is 0.497 e. The summed E-state index contributed by atoms with van der Waals surface area (Å²) in [6.07, 6.45) is 1.26. The molecular weight excluding hydrogens is 316 g/mol. The normalized spacial score (nSPS) is 10.3. The molecule has 0 aliphatic rings. The van der Waals surface area contributed by atoms with Crippen molar-refractivity contribution in [2.24, 2.45) is 0 Å². The van der Waals surface area contributed by atoms with E-state index in [1.807, 2.05) is 49.4 Å². The molecule has 0 atom stereocenters. The van der Waals surface area contributed by atoms with E-state index in [2.05, 4.69) is 15.9 Å². The summed E-state index contributed by atoms with van der Waals surface area (Å²) in [6.45, 7) is 1.99. The molecule has 20 heavy (non-hydrogen) atoms. The first-order valence-electron chi connectivity index (χ1n) is 6.52. The molecule has 0 aliphatic carbocycles. The Morgan fingerprint density at radius 1 is 1.15 bits per heavy atom. The average Bonchev–Trinajstić information content (AvgIpc) is 2.44. The maximum atomic E-state index is 12.2. The van der Waals surface area contributed by atoms with E-state index >= 15 is 0 Å². The molecule has 0 heterocycles. The molecule has 0 saturated carbocycles. The van der Waals surface area contributed by atoms with Crippen molar-refractivity contribution in [2.45, 2.75) is 19.8 Å². The Balaban J connectivity index is 2.00. The maximum Gasteiger partial charge on any atom is 0.163 e. The van der Waals surface area contributed by atoms with Gasteiger partial charge in [-0.1, -0.05) is 28.1 Å². The Bertz CT molecular complexity index is 583. The first-order valence-corrected chi connectivity index (χ1v) is 7.31. The molecule has 0 saturated heterocycles. The van der Waals surface area contributed by atoms with Crippen molar-refractivity contribution in [1.29, 1.82) is 0 Å². The molecule has 2 nitrogen and oxygen atoms in total. The summed E-state index contributed by atoms with van der Waals surface area (Å²) in [7, 11) is 1.65. The third-order valence-electron chi connectivity index (χ3n) is 3.16. The lowest BCUT2D eigenvalue weighted by Gasteiger charge is -2.05. The van der Waals surface area contributed by atoms with E-state index in [9.17, 15) is 4.79 Å². The fraction of sp³-hybridized carbons (Fsp3) is 0.235. The van der Waals surface area contributed by atoms with Crippen LogP contribution in [0.1, 0.15) is 27.9 Å². The standard InChI is InChI=1S/C17H17BrO2/c1-12-9-14(11-15(18)10-12)17(19)8-5-13-3-6-16(20-2)7-4-13/h3-4,6-7,9-11H,5,8H2,1-2H3. The molecule has 0 fully saturated rings. The minimum absolute atomic E-state index is 0.171. The zero-order chi connectivity index (χ0) is 14.5. The number of aryl methyl sites for hydroxylation is 2. The van der Waals surface area contributed by atoms with Gasteiger partial charge in [0.05, 0.1) is 7.11 Å². The highest BCUT2D eigenvalue weighted by molar-refractivity contribution is 9.10. The third-order valence-corrected chi connectivity index (χ3v) is 3.62. The van der Waals surface area contributed by atoms with Crippen molar-refractivity contribution in [3.63, 3.8) is 0 Å². The maximum absolute atomic E-state index is 12.2. The molecule has 0 aromatic heterocycles. The fourth-order valence-electron chi connectivity index (χ4n) is 2.09. The van der Waals surface area contributed by atoms with E-state index in [4.69, 9.17) is 4.74 Å². The molecule has 0 aliphatic heterocycles. The molecule has 0 unspecified atom stereocenters. The van der Waals surface area contributed by atoms with Gasteiger partial charge >= 0.3 is 0 Å². The summed E-state index contributed by atoms with van der Waals surface area (Å²) in [5.41, 5.74) is 3.00. The quantitative estimate of drug-likeness (QED) is 0.749. The van der Waals surface area contributed by atoms with Crippen LogP contribution in [0.25, 0.3) is 0 Å². The van der Waals surface area contributed by atoms with Gasteiger partial charge in [0, 0.05) is 16.5 Å². The van der Waals surface area contributed by atoms with Crippen LogP contribution in [0, 0.1) is 6.92 Å². The van der Waals surface area contributed by atoms with Gasteiger partial charge in [0.15, 0.2) is 5.78 Å². The number of halogens is 1. The summed E-state index contributed by atoms with van der Waals surface area (Å²) in [5.74, 6) is 1.01. The zero-order valence-electron chi connectivity index (χ0n) is 11.7. The van der Waals surface area contributed by atoms with Gasteiger partial charge in [0.1, 0.15) is 5.75 Å². The van der Waals surface area contributed by atoms with Crippen LogP contribution in [0.3, 0.4) is 0 Å². The fourth-order valence-corrected chi connectivity index (χ4v) is 2.70. The second-order valence-electron chi connectivity index (χ2n) is 4.79. The lowest BCUT2D eigenvalue weighted by Crippen LogP contribution is -2.01. The molecule has 0 radical (unpaired) electrons. The number of hydrogen-bond acceptors (Lipinski definition) is 2. The molecule has 2 aromatic rings. The zero-order valence-corrected chi connectivity index (χ0v) is 13.2. The minimum Gasteiger partial charge on any atom is -0.497 e. The molecule has 0 bridgehead atoms. The molecule has 0 amide bonds. The summed E-state index contributed by atoms with van der Waals surface area (Å²) in [5, 5.41) is 0.